The van der Waals surface area contributed by atoms with Crippen molar-refractivity contribution in [3.8, 4) is 0 Å². The Hall–Kier alpha value is -1.47. The molecule has 4 unspecified atom stereocenters. The van der Waals surface area contributed by atoms with Gasteiger partial charge in [0.2, 0.25) is 11.2 Å². The van der Waals surface area contributed by atoms with Crippen LogP contribution in [0.1, 0.15) is 12.8 Å². The van der Waals surface area contributed by atoms with E-state index >= 15 is 0 Å². The van der Waals surface area contributed by atoms with E-state index in [1.165, 1.54) is 0 Å². The van der Waals surface area contributed by atoms with Crippen molar-refractivity contribution in [1.29, 1.82) is 0 Å². The second kappa shape index (κ2) is 16.2. The molecular formula is C12H16O16Zn3. The number of aliphatic carboxylic acids is 6. The van der Waals surface area contributed by atoms with E-state index in [0.717, 1.165) is 0 Å². The average molecular weight is 612 g/mol. The van der Waals surface area contributed by atoms with Crippen LogP contribution in [-0.2, 0) is 87.2 Å². The van der Waals surface area contributed by atoms with Crippen LogP contribution < -0.4 is 0 Å². The topological polar surface area (TPSA) is 305 Å². The van der Waals surface area contributed by atoms with Gasteiger partial charge in [0.25, 0.3) is 0 Å². The third-order valence-electron chi connectivity index (χ3n) is 2.95. The van der Waals surface area contributed by atoms with Crippen LogP contribution in [0.2, 0.25) is 0 Å². The first-order valence-corrected chi connectivity index (χ1v) is 6.60. The average Bonchev–Trinajstić information content (AvgIpc) is 2.51. The molecule has 16 nitrogen and oxygen atoms in total. The molecule has 0 rings (SSSR count). The molecule has 0 aromatic heterocycles. The fourth-order valence-electron chi connectivity index (χ4n) is 1.45. The molecule has 0 aromatic carbocycles. The molecule has 0 spiro atoms. The monoisotopic (exact) mass is 608 g/mol. The molecule has 0 fully saturated rings. The second-order valence-electron chi connectivity index (χ2n) is 5.08. The zero-order chi connectivity index (χ0) is 23.0. The van der Waals surface area contributed by atoms with Crippen molar-refractivity contribution < 1.29 is 138 Å². The number of carboxylic acid groups (broad SMARTS) is 6. The maximum absolute atomic E-state index is 10.4. The molecule has 0 aliphatic rings. The molecule has 10 N–H and O–H groups in total. The van der Waals surface area contributed by atoms with E-state index in [0.29, 0.717) is 0 Å². The number of aliphatic hydroxyl groups is 4. The maximum atomic E-state index is 10.4. The summed E-state index contributed by atoms with van der Waals surface area (Å²) in [5.41, 5.74) is -6.45. The predicted octanol–water partition coefficient (Wildman–Crippen LogP) is -4.56. The van der Waals surface area contributed by atoms with Gasteiger partial charge in [-0.05, 0) is 0 Å². The molecule has 0 saturated heterocycles. The van der Waals surface area contributed by atoms with Gasteiger partial charge in [0.1, 0.15) is 0 Å². The molecule has 19 heteroatoms. The molecule has 31 heavy (non-hydrogen) atoms. The first kappa shape index (κ1) is 39.9. The number of hydrogen-bond acceptors (Lipinski definition) is 10. The number of aliphatic hydroxyl groups excluding tert-OH is 2. The van der Waals surface area contributed by atoms with E-state index < -0.39 is 72.1 Å². The minimum absolute atomic E-state index is 0. The van der Waals surface area contributed by atoms with Gasteiger partial charge in [0, 0.05) is 58.4 Å². The van der Waals surface area contributed by atoms with E-state index in [9.17, 15) is 28.8 Å². The van der Waals surface area contributed by atoms with Crippen molar-refractivity contribution in [2.45, 2.75) is 36.3 Å². The summed E-state index contributed by atoms with van der Waals surface area (Å²) < 4.78 is 0. The largest absolute Gasteiger partial charge is 0.481 e. The Bertz CT molecular complexity index is 612. The molecule has 0 aliphatic carbocycles. The van der Waals surface area contributed by atoms with Crippen LogP contribution in [0, 0.1) is 0 Å². The fourth-order valence-corrected chi connectivity index (χ4v) is 1.45. The van der Waals surface area contributed by atoms with Crippen molar-refractivity contribution in [3.05, 3.63) is 0 Å². The van der Waals surface area contributed by atoms with E-state index in [1.807, 2.05) is 0 Å². The van der Waals surface area contributed by atoms with Crippen LogP contribution in [0.5, 0.6) is 0 Å². The van der Waals surface area contributed by atoms with Crippen molar-refractivity contribution in [1.82, 2.24) is 0 Å². The summed E-state index contributed by atoms with van der Waals surface area (Å²) in [5.74, 6) is -11.7. The van der Waals surface area contributed by atoms with Gasteiger partial charge >= 0.3 is 35.8 Å². The zero-order valence-corrected chi connectivity index (χ0v) is 24.5. The Morgan fingerprint density at radius 2 is 0.742 bits per heavy atom. The van der Waals surface area contributed by atoms with E-state index in [1.54, 1.807) is 0 Å². The molecule has 0 aliphatic heterocycles. The van der Waals surface area contributed by atoms with Crippen molar-refractivity contribution in [2.75, 3.05) is 0 Å². The number of carbonyl (C=O) groups is 6. The molecule has 4 atom stereocenters. The Morgan fingerprint density at radius 1 is 0.548 bits per heavy atom. The summed E-state index contributed by atoms with van der Waals surface area (Å²) in [6, 6.07) is 0. The summed E-state index contributed by atoms with van der Waals surface area (Å²) >= 11 is 0. The SMILES string of the molecule is O=C(O)CC(O)(C(=O)O)C(O)C(=O)O.O=C(O)CC(O)(C(=O)O)C(O)C(=O)O.[Zn].[Zn].[Zn]. The van der Waals surface area contributed by atoms with Gasteiger partial charge < -0.3 is 51.1 Å². The van der Waals surface area contributed by atoms with Crippen LogP contribution in [-0.4, -0.2) is 110 Å². The van der Waals surface area contributed by atoms with Gasteiger partial charge in [-0.25, -0.2) is 19.2 Å². The Morgan fingerprint density at radius 3 is 0.839 bits per heavy atom. The molecule has 0 radical (unpaired) electrons. The number of carboxylic acids is 6. The first-order valence-electron chi connectivity index (χ1n) is 6.60. The Labute approximate surface area is 209 Å². The van der Waals surface area contributed by atoms with Crippen LogP contribution in [0.25, 0.3) is 0 Å². The fraction of sp³-hybridized carbons (Fsp3) is 0.500. The van der Waals surface area contributed by atoms with E-state index in [2.05, 4.69) is 0 Å². The standard InChI is InChI=1S/2C6H8O8.3Zn/c2*7-2(8)1-6(14,5(12)13)3(9)4(10)11;;;/h2*3,9,14H,1H2,(H,7,8)(H,10,11)(H,12,13);;;. The minimum atomic E-state index is -3.22. The smallest absolute Gasteiger partial charge is 0.339 e. The molecule has 166 valence electrons. The summed E-state index contributed by atoms with van der Waals surface area (Å²) in [5, 5.41) is 85.3. The van der Waals surface area contributed by atoms with Crippen LogP contribution >= 0.6 is 0 Å². The van der Waals surface area contributed by atoms with Gasteiger partial charge in [-0.3, -0.25) is 9.59 Å². The predicted molar refractivity (Wildman–Crippen MR) is 77.0 cm³/mol. The van der Waals surface area contributed by atoms with E-state index in [-0.39, 0.29) is 58.4 Å². The van der Waals surface area contributed by atoms with Crippen molar-refractivity contribution in [3.63, 3.8) is 0 Å². The zero-order valence-electron chi connectivity index (χ0n) is 15.6. The molecule has 0 bridgehead atoms. The van der Waals surface area contributed by atoms with Gasteiger partial charge in [-0.2, -0.15) is 0 Å². The third-order valence-corrected chi connectivity index (χ3v) is 2.95. The normalized spacial score (nSPS) is 15.1. The quantitative estimate of drug-likeness (QED) is 0.104. The van der Waals surface area contributed by atoms with Gasteiger partial charge in [-0.1, -0.05) is 0 Å². The van der Waals surface area contributed by atoms with Gasteiger partial charge in [0.15, 0.2) is 12.2 Å². The third kappa shape index (κ3) is 12.2. The molecule has 0 heterocycles. The molecule has 0 aromatic rings. The van der Waals surface area contributed by atoms with Crippen LogP contribution in [0.4, 0.5) is 0 Å². The summed E-state index contributed by atoms with van der Waals surface area (Å²) in [6.07, 6.45) is -8.21. The van der Waals surface area contributed by atoms with Crippen molar-refractivity contribution >= 4 is 35.8 Å². The summed E-state index contributed by atoms with van der Waals surface area (Å²) in [4.78, 5) is 61.3. The summed E-state index contributed by atoms with van der Waals surface area (Å²) in [7, 11) is 0. The number of rotatable bonds is 10. The maximum Gasteiger partial charge on any atom is 0.339 e. The Kier molecular flexibility index (Phi) is 20.9. The van der Waals surface area contributed by atoms with Crippen LogP contribution in [0.3, 0.4) is 0 Å². The minimum Gasteiger partial charge on any atom is -0.481 e. The number of hydrogen-bond donors (Lipinski definition) is 10. The summed E-state index contributed by atoms with van der Waals surface area (Å²) in [6.45, 7) is 0. The Balaban J connectivity index is -0.000000133. The second-order valence-corrected chi connectivity index (χ2v) is 5.08. The van der Waals surface area contributed by atoms with Gasteiger partial charge in [0.05, 0.1) is 12.8 Å². The van der Waals surface area contributed by atoms with Crippen LogP contribution in [0.15, 0.2) is 0 Å². The van der Waals surface area contributed by atoms with Crippen molar-refractivity contribution in [2.24, 2.45) is 0 Å². The first-order chi connectivity index (χ1) is 12.4. The molecule has 0 amide bonds. The van der Waals surface area contributed by atoms with Gasteiger partial charge in [-0.15, -0.1) is 0 Å². The molecular weight excluding hydrogens is 596 g/mol. The van der Waals surface area contributed by atoms with E-state index in [4.69, 9.17) is 51.1 Å². The molecule has 0 saturated carbocycles.